The van der Waals surface area contributed by atoms with Crippen LogP contribution in [0.5, 0.6) is 0 Å². The van der Waals surface area contributed by atoms with Gasteiger partial charge in [-0.25, -0.2) is 0 Å². The van der Waals surface area contributed by atoms with E-state index in [0.29, 0.717) is 12.3 Å². The largest absolute Gasteiger partial charge is 0.395 e. The molecule has 1 heterocycles. The van der Waals surface area contributed by atoms with Crippen LogP contribution in [0.25, 0.3) is 0 Å². The molecule has 3 nitrogen and oxygen atoms in total. The molecule has 84 valence electrons. The van der Waals surface area contributed by atoms with Crippen molar-refractivity contribution in [1.82, 2.24) is 0 Å². The van der Waals surface area contributed by atoms with E-state index >= 15 is 0 Å². The minimum absolute atomic E-state index is 0.0410. The van der Waals surface area contributed by atoms with Crippen molar-refractivity contribution in [3.63, 3.8) is 0 Å². The lowest BCUT2D eigenvalue weighted by Crippen LogP contribution is -2.14. The minimum atomic E-state index is -0.0410. The van der Waals surface area contributed by atoms with Crippen LogP contribution in [-0.4, -0.2) is 17.6 Å². The predicted molar refractivity (Wildman–Crippen MR) is 61.3 cm³/mol. The van der Waals surface area contributed by atoms with Gasteiger partial charge in [0.1, 0.15) is 0 Å². The van der Waals surface area contributed by atoms with E-state index in [-0.39, 0.29) is 17.9 Å². The molecule has 3 rings (SSSR count). The van der Waals surface area contributed by atoms with Crippen molar-refractivity contribution in [2.45, 2.75) is 25.2 Å². The molecule has 0 spiro atoms. The van der Waals surface area contributed by atoms with E-state index in [9.17, 15) is 9.90 Å². The van der Waals surface area contributed by atoms with Crippen LogP contribution >= 0.6 is 0 Å². The highest BCUT2D eigenvalue weighted by molar-refractivity contribution is 5.99. The van der Waals surface area contributed by atoms with Gasteiger partial charge in [-0.15, -0.1) is 0 Å². The van der Waals surface area contributed by atoms with Crippen LogP contribution in [0.15, 0.2) is 18.2 Å². The number of fused-ring (bicyclic) bond motifs is 1. The molecule has 2 N–H and O–H groups in total. The van der Waals surface area contributed by atoms with Crippen molar-refractivity contribution in [1.29, 1.82) is 0 Å². The van der Waals surface area contributed by atoms with E-state index in [0.717, 1.165) is 17.7 Å². The second-order valence-corrected chi connectivity index (χ2v) is 5.02. The number of nitrogens with one attached hydrogen (secondary N) is 1. The van der Waals surface area contributed by atoms with Crippen LogP contribution in [0.1, 0.15) is 24.5 Å². The summed E-state index contributed by atoms with van der Waals surface area (Å²) < 4.78 is 0. The van der Waals surface area contributed by atoms with E-state index in [4.69, 9.17) is 0 Å². The Morgan fingerprint density at radius 1 is 1.56 bits per heavy atom. The quantitative estimate of drug-likeness (QED) is 0.787. The molecule has 0 aromatic heterocycles. The summed E-state index contributed by atoms with van der Waals surface area (Å²) in [7, 11) is 0. The molecule has 2 aliphatic rings. The van der Waals surface area contributed by atoms with Crippen molar-refractivity contribution in [3.05, 3.63) is 29.3 Å². The minimum Gasteiger partial charge on any atom is -0.395 e. The highest BCUT2D eigenvalue weighted by Gasteiger charge is 2.52. The van der Waals surface area contributed by atoms with Crippen molar-refractivity contribution in [3.8, 4) is 0 Å². The zero-order chi connectivity index (χ0) is 11.3. The summed E-state index contributed by atoms with van der Waals surface area (Å²) in [4.78, 5) is 11.2. The third-order valence-electron chi connectivity index (χ3n) is 4.04. The summed E-state index contributed by atoms with van der Waals surface area (Å²) in [6.07, 6.45) is 1.52. The number of benzene rings is 1. The number of aliphatic hydroxyl groups excluding tert-OH is 1. The maximum absolute atomic E-state index is 11.2. The standard InChI is InChI=1S/C13H15NO2/c1-8-6-13(8,7-15)10-2-3-11-9(4-10)5-12(16)14-11/h2-4,8,15H,5-7H2,1H3,(H,14,16). The normalized spacial score (nSPS) is 31.1. The Labute approximate surface area is 94.5 Å². The Balaban J connectivity index is 2.00. The zero-order valence-corrected chi connectivity index (χ0v) is 9.29. The topological polar surface area (TPSA) is 49.3 Å². The fraction of sp³-hybridized carbons (Fsp3) is 0.462. The summed E-state index contributed by atoms with van der Waals surface area (Å²) in [6.45, 7) is 2.36. The molecular weight excluding hydrogens is 202 g/mol. The molecule has 1 aromatic rings. The van der Waals surface area contributed by atoms with Gasteiger partial charge in [-0.3, -0.25) is 4.79 Å². The van der Waals surface area contributed by atoms with Crippen LogP contribution < -0.4 is 5.32 Å². The predicted octanol–water partition coefficient (Wildman–Crippen LogP) is 1.45. The molecule has 1 amide bonds. The van der Waals surface area contributed by atoms with E-state index < -0.39 is 0 Å². The average molecular weight is 217 g/mol. The number of hydrogen-bond donors (Lipinski definition) is 2. The second kappa shape index (κ2) is 3.08. The Morgan fingerprint density at radius 3 is 2.94 bits per heavy atom. The molecule has 2 atom stereocenters. The van der Waals surface area contributed by atoms with Crippen LogP contribution in [0.4, 0.5) is 5.69 Å². The fourth-order valence-electron chi connectivity index (χ4n) is 2.74. The number of anilines is 1. The molecule has 2 unspecified atom stereocenters. The van der Waals surface area contributed by atoms with E-state index in [1.54, 1.807) is 0 Å². The van der Waals surface area contributed by atoms with E-state index in [1.165, 1.54) is 5.56 Å². The van der Waals surface area contributed by atoms with Crippen LogP contribution in [0, 0.1) is 5.92 Å². The third-order valence-corrected chi connectivity index (χ3v) is 4.04. The smallest absolute Gasteiger partial charge is 0.228 e. The number of rotatable bonds is 2. The lowest BCUT2D eigenvalue weighted by atomic mass is 9.92. The lowest BCUT2D eigenvalue weighted by molar-refractivity contribution is -0.115. The van der Waals surface area contributed by atoms with Gasteiger partial charge in [-0.1, -0.05) is 19.1 Å². The number of hydrogen-bond acceptors (Lipinski definition) is 2. The molecule has 1 fully saturated rings. The molecule has 0 bridgehead atoms. The molecule has 0 radical (unpaired) electrons. The summed E-state index contributed by atoms with van der Waals surface area (Å²) in [5.74, 6) is 0.606. The molecule has 1 aliphatic carbocycles. The second-order valence-electron chi connectivity index (χ2n) is 5.02. The van der Waals surface area contributed by atoms with Crippen LogP contribution in [0.3, 0.4) is 0 Å². The number of amides is 1. The van der Waals surface area contributed by atoms with Crippen LogP contribution in [-0.2, 0) is 16.6 Å². The summed E-state index contributed by atoms with van der Waals surface area (Å²) in [6, 6.07) is 6.06. The van der Waals surface area contributed by atoms with Gasteiger partial charge in [0.25, 0.3) is 0 Å². The molecule has 1 aliphatic heterocycles. The highest BCUT2D eigenvalue weighted by Crippen LogP contribution is 2.54. The average Bonchev–Trinajstić information content (AvgIpc) is 2.79. The first kappa shape index (κ1) is 9.85. The number of carbonyl (C=O) groups is 1. The molecular formula is C13H15NO2. The summed E-state index contributed by atoms with van der Waals surface area (Å²) in [5.41, 5.74) is 3.13. The van der Waals surface area contributed by atoms with Gasteiger partial charge in [0.05, 0.1) is 13.0 Å². The van der Waals surface area contributed by atoms with Crippen molar-refractivity contribution in [2.75, 3.05) is 11.9 Å². The first-order chi connectivity index (χ1) is 7.65. The van der Waals surface area contributed by atoms with Gasteiger partial charge in [0.15, 0.2) is 0 Å². The number of carbonyl (C=O) groups excluding carboxylic acids is 1. The van der Waals surface area contributed by atoms with Gasteiger partial charge in [0.2, 0.25) is 5.91 Å². The van der Waals surface area contributed by atoms with Gasteiger partial charge in [-0.05, 0) is 29.5 Å². The fourth-order valence-corrected chi connectivity index (χ4v) is 2.74. The van der Waals surface area contributed by atoms with Gasteiger partial charge < -0.3 is 10.4 Å². The Bertz CT molecular complexity index is 465. The SMILES string of the molecule is CC1CC1(CO)c1ccc2c(c1)CC(=O)N2. The molecule has 3 heteroatoms. The summed E-state index contributed by atoms with van der Waals surface area (Å²) in [5, 5.41) is 12.3. The van der Waals surface area contributed by atoms with Gasteiger partial charge in [-0.2, -0.15) is 0 Å². The first-order valence-electron chi connectivity index (χ1n) is 5.70. The molecule has 16 heavy (non-hydrogen) atoms. The zero-order valence-electron chi connectivity index (χ0n) is 9.29. The monoisotopic (exact) mass is 217 g/mol. The van der Waals surface area contributed by atoms with Crippen LogP contribution in [0.2, 0.25) is 0 Å². The number of aliphatic hydroxyl groups is 1. The van der Waals surface area contributed by atoms with Gasteiger partial charge >= 0.3 is 0 Å². The molecule has 1 saturated carbocycles. The molecule has 0 saturated heterocycles. The summed E-state index contributed by atoms with van der Waals surface area (Å²) >= 11 is 0. The Hall–Kier alpha value is -1.35. The van der Waals surface area contributed by atoms with Crippen molar-refractivity contribution in [2.24, 2.45) is 5.92 Å². The lowest BCUT2D eigenvalue weighted by Gasteiger charge is -2.14. The third kappa shape index (κ3) is 1.21. The first-order valence-corrected chi connectivity index (χ1v) is 5.70. The van der Waals surface area contributed by atoms with Crippen molar-refractivity contribution >= 4 is 11.6 Å². The van der Waals surface area contributed by atoms with Crippen molar-refractivity contribution < 1.29 is 9.90 Å². The molecule has 1 aromatic carbocycles. The van der Waals surface area contributed by atoms with E-state index in [2.05, 4.69) is 18.3 Å². The maximum Gasteiger partial charge on any atom is 0.228 e. The van der Waals surface area contributed by atoms with Gasteiger partial charge in [0, 0.05) is 11.1 Å². The van der Waals surface area contributed by atoms with E-state index in [1.807, 2.05) is 12.1 Å². The maximum atomic E-state index is 11.2. The highest BCUT2D eigenvalue weighted by atomic mass is 16.3. The Morgan fingerprint density at radius 2 is 2.31 bits per heavy atom. The Kier molecular flexibility index (Phi) is 1.89.